The van der Waals surface area contributed by atoms with Crippen molar-refractivity contribution in [1.82, 2.24) is 0 Å². The van der Waals surface area contributed by atoms with Crippen LogP contribution in [0.25, 0.3) is 11.1 Å². The Bertz CT molecular complexity index is 962. The summed E-state index contributed by atoms with van der Waals surface area (Å²) in [6, 6.07) is 19.1. The van der Waals surface area contributed by atoms with Gasteiger partial charge < -0.3 is 9.47 Å². The molecule has 0 amide bonds. The van der Waals surface area contributed by atoms with E-state index in [0.29, 0.717) is 0 Å². The predicted octanol–water partition coefficient (Wildman–Crippen LogP) is 5.16. The number of ether oxygens (including phenoxy) is 2. The first-order chi connectivity index (χ1) is 13.2. The van der Waals surface area contributed by atoms with Gasteiger partial charge in [0.2, 0.25) is 5.90 Å². The molecule has 3 aromatic carbocycles. The van der Waals surface area contributed by atoms with Crippen molar-refractivity contribution in [2.75, 3.05) is 13.7 Å². The minimum absolute atomic E-state index is 0.00910. The number of aliphatic imine (C=N–C) groups is 1. The number of nitrogens with zero attached hydrogens (tertiary/aromatic N) is 1. The lowest BCUT2D eigenvalue weighted by molar-refractivity contribution is 0.317. The van der Waals surface area contributed by atoms with Crippen LogP contribution in [0.5, 0.6) is 5.75 Å². The highest BCUT2D eigenvalue weighted by Crippen LogP contribution is 2.29. The van der Waals surface area contributed by atoms with Crippen LogP contribution in [0.15, 0.2) is 71.7 Å². The van der Waals surface area contributed by atoms with Gasteiger partial charge in [0.15, 0.2) is 0 Å². The minimum atomic E-state index is -0.677. The summed E-state index contributed by atoms with van der Waals surface area (Å²) >= 11 is 0. The van der Waals surface area contributed by atoms with E-state index in [4.69, 9.17) is 9.47 Å². The third kappa shape index (κ3) is 3.40. The number of benzene rings is 3. The van der Waals surface area contributed by atoms with Crippen LogP contribution in [0.4, 0.5) is 8.78 Å². The van der Waals surface area contributed by atoms with Crippen molar-refractivity contribution in [1.29, 1.82) is 0 Å². The summed E-state index contributed by atoms with van der Waals surface area (Å²) < 4.78 is 38.5. The van der Waals surface area contributed by atoms with Crippen LogP contribution >= 0.6 is 0 Å². The Kier molecular flexibility index (Phi) is 4.59. The summed E-state index contributed by atoms with van der Waals surface area (Å²) in [5.74, 6) is -0.538. The topological polar surface area (TPSA) is 30.8 Å². The number of methoxy groups -OCH3 is 1. The van der Waals surface area contributed by atoms with Crippen LogP contribution in [-0.4, -0.2) is 19.6 Å². The van der Waals surface area contributed by atoms with E-state index in [2.05, 4.69) is 4.99 Å². The van der Waals surface area contributed by atoms with Gasteiger partial charge in [0, 0.05) is 0 Å². The van der Waals surface area contributed by atoms with Gasteiger partial charge in [0.1, 0.15) is 35.6 Å². The molecular formula is C22H17F2NO2. The Morgan fingerprint density at radius 1 is 0.889 bits per heavy atom. The predicted molar refractivity (Wildman–Crippen MR) is 100 cm³/mol. The van der Waals surface area contributed by atoms with Gasteiger partial charge in [-0.25, -0.2) is 13.8 Å². The van der Waals surface area contributed by atoms with Gasteiger partial charge in [-0.3, -0.25) is 0 Å². The van der Waals surface area contributed by atoms with Gasteiger partial charge in [0.05, 0.1) is 7.11 Å². The molecule has 27 heavy (non-hydrogen) atoms. The molecule has 136 valence electrons. The van der Waals surface area contributed by atoms with Crippen molar-refractivity contribution in [3.63, 3.8) is 0 Å². The minimum Gasteiger partial charge on any atom is -0.497 e. The molecule has 0 saturated heterocycles. The molecule has 0 aliphatic carbocycles. The average Bonchev–Trinajstić information content (AvgIpc) is 3.18. The molecule has 0 bridgehead atoms. The van der Waals surface area contributed by atoms with Crippen molar-refractivity contribution in [2.45, 2.75) is 6.04 Å². The van der Waals surface area contributed by atoms with Gasteiger partial charge >= 0.3 is 0 Å². The highest BCUT2D eigenvalue weighted by Gasteiger charge is 2.26. The first kappa shape index (κ1) is 17.2. The molecule has 0 spiro atoms. The maximum absolute atomic E-state index is 13.9. The van der Waals surface area contributed by atoms with Crippen LogP contribution in [0, 0.1) is 11.6 Å². The van der Waals surface area contributed by atoms with E-state index in [1.54, 1.807) is 7.11 Å². The number of halogens is 2. The Morgan fingerprint density at radius 2 is 1.48 bits per heavy atom. The van der Waals surface area contributed by atoms with E-state index in [0.717, 1.165) is 22.4 Å². The number of rotatable bonds is 4. The maximum Gasteiger partial charge on any atom is 0.222 e. The Labute approximate surface area is 155 Å². The molecule has 1 aliphatic heterocycles. The van der Waals surface area contributed by atoms with Crippen LogP contribution in [0.2, 0.25) is 0 Å². The van der Waals surface area contributed by atoms with Crippen LogP contribution in [0.3, 0.4) is 0 Å². The Hall–Kier alpha value is -3.21. The summed E-state index contributed by atoms with van der Waals surface area (Å²) in [4.78, 5) is 4.37. The summed E-state index contributed by atoms with van der Waals surface area (Å²) in [6.45, 7) is 0.255. The molecule has 1 heterocycles. The molecule has 4 rings (SSSR count). The van der Waals surface area contributed by atoms with Gasteiger partial charge in [-0.1, -0.05) is 42.5 Å². The normalized spacial score (nSPS) is 16.0. The van der Waals surface area contributed by atoms with Gasteiger partial charge in [-0.15, -0.1) is 0 Å². The Morgan fingerprint density at radius 3 is 2.07 bits per heavy atom. The zero-order valence-corrected chi connectivity index (χ0v) is 14.7. The SMILES string of the molecule is COc1ccc(-c2ccc(C3COC(c4c(F)cccc4F)=N3)cc2)cc1. The van der Waals surface area contributed by atoms with E-state index in [1.165, 1.54) is 18.2 Å². The quantitative estimate of drug-likeness (QED) is 0.639. The second kappa shape index (κ2) is 7.19. The van der Waals surface area contributed by atoms with Crippen LogP contribution < -0.4 is 4.74 Å². The van der Waals surface area contributed by atoms with Crippen molar-refractivity contribution in [3.8, 4) is 16.9 Å². The standard InChI is InChI=1S/C22H17F2NO2/c1-26-17-11-9-15(10-12-17)14-5-7-16(8-6-14)20-13-27-22(25-20)21-18(23)3-2-4-19(21)24/h2-12,20H,13H2,1H3. The van der Waals surface area contributed by atoms with E-state index in [9.17, 15) is 8.78 Å². The molecule has 0 radical (unpaired) electrons. The van der Waals surface area contributed by atoms with Crippen molar-refractivity contribution < 1.29 is 18.3 Å². The fraction of sp³-hybridized carbons (Fsp3) is 0.136. The summed E-state index contributed by atoms with van der Waals surface area (Å²) in [7, 11) is 1.63. The summed E-state index contributed by atoms with van der Waals surface area (Å²) in [5, 5.41) is 0. The molecule has 0 aromatic heterocycles. The first-order valence-corrected chi connectivity index (χ1v) is 8.55. The van der Waals surface area contributed by atoms with Gasteiger partial charge in [-0.05, 0) is 41.0 Å². The number of hydrogen-bond donors (Lipinski definition) is 0. The molecule has 0 fully saturated rings. The average molecular weight is 365 g/mol. The molecule has 0 N–H and O–H groups in total. The third-order valence-electron chi connectivity index (χ3n) is 4.55. The fourth-order valence-corrected chi connectivity index (χ4v) is 3.06. The van der Waals surface area contributed by atoms with Crippen molar-refractivity contribution in [3.05, 3.63) is 89.5 Å². The molecule has 5 heteroatoms. The second-order valence-corrected chi connectivity index (χ2v) is 6.21. The zero-order valence-electron chi connectivity index (χ0n) is 14.7. The first-order valence-electron chi connectivity index (χ1n) is 8.55. The molecule has 0 saturated carbocycles. The second-order valence-electron chi connectivity index (χ2n) is 6.21. The molecule has 1 atom stereocenters. The fourth-order valence-electron chi connectivity index (χ4n) is 3.06. The highest BCUT2D eigenvalue weighted by atomic mass is 19.1. The van der Waals surface area contributed by atoms with E-state index < -0.39 is 11.6 Å². The zero-order chi connectivity index (χ0) is 18.8. The van der Waals surface area contributed by atoms with Crippen molar-refractivity contribution >= 4 is 5.90 Å². The number of hydrogen-bond acceptors (Lipinski definition) is 3. The van der Waals surface area contributed by atoms with Crippen LogP contribution in [-0.2, 0) is 4.74 Å². The molecule has 1 aliphatic rings. The summed E-state index contributed by atoms with van der Waals surface area (Å²) in [6.07, 6.45) is 0. The summed E-state index contributed by atoms with van der Waals surface area (Å²) in [5.41, 5.74) is 2.85. The molecule has 3 aromatic rings. The third-order valence-corrected chi connectivity index (χ3v) is 4.55. The molecule has 3 nitrogen and oxygen atoms in total. The lowest BCUT2D eigenvalue weighted by atomic mass is 10.0. The largest absolute Gasteiger partial charge is 0.497 e. The Balaban J connectivity index is 1.57. The smallest absolute Gasteiger partial charge is 0.222 e. The van der Waals surface area contributed by atoms with Gasteiger partial charge in [0.25, 0.3) is 0 Å². The molecule has 1 unspecified atom stereocenters. The monoisotopic (exact) mass is 365 g/mol. The van der Waals surface area contributed by atoms with Crippen LogP contribution in [0.1, 0.15) is 17.2 Å². The van der Waals surface area contributed by atoms with Gasteiger partial charge in [-0.2, -0.15) is 0 Å². The lowest BCUT2D eigenvalue weighted by Crippen LogP contribution is -2.07. The van der Waals surface area contributed by atoms with E-state index in [1.807, 2.05) is 48.5 Å². The highest BCUT2D eigenvalue weighted by molar-refractivity contribution is 5.95. The van der Waals surface area contributed by atoms with Crippen molar-refractivity contribution in [2.24, 2.45) is 4.99 Å². The van der Waals surface area contributed by atoms with E-state index in [-0.39, 0.29) is 24.1 Å². The molecular weight excluding hydrogens is 348 g/mol. The lowest BCUT2D eigenvalue weighted by Gasteiger charge is -2.08. The maximum atomic E-state index is 13.9. The van der Waals surface area contributed by atoms with E-state index >= 15 is 0 Å².